The van der Waals surface area contributed by atoms with Gasteiger partial charge in [0.2, 0.25) is 0 Å². The van der Waals surface area contributed by atoms with Crippen LogP contribution in [0.25, 0.3) is 22.3 Å². The van der Waals surface area contributed by atoms with Crippen LogP contribution in [0.5, 0.6) is 0 Å². The molecule has 0 spiro atoms. The Balaban J connectivity index is 0.000000133. The van der Waals surface area contributed by atoms with E-state index in [-0.39, 0.29) is 0 Å². The predicted octanol–water partition coefficient (Wildman–Crippen LogP) is 8.11. The van der Waals surface area contributed by atoms with E-state index in [9.17, 15) is 0 Å². The SMILES string of the molecule is Cc1[c-]c2c(cc1)-c1ccccc1C2.Cc1[c-]c2c(cc1)-c1ccccc1C2.[Cl][Ti][Cl]. The number of hydrogen-bond acceptors (Lipinski definition) is 0. The summed E-state index contributed by atoms with van der Waals surface area (Å²) in [4.78, 5) is 0. The van der Waals surface area contributed by atoms with Gasteiger partial charge in [-0.2, -0.15) is 47.5 Å². The Labute approximate surface area is 201 Å². The fraction of sp³-hybridized carbons (Fsp3) is 0.143. The zero-order valence-electron chi connectivity index (χ0n) is 17.6. The van der Waals surface area contributed by atoms with Crippen molar-refractivity contribution >= 4 is 18.6 Å². The van der Waals surface area contributed by atoms with Crippen LogP contribution in [0.2, 0.25) is 0 Å². The predicted molar refractivity (Wildman–Crippen MR) is 128 cm³/mol. The molecule has 154 valence electrons. The zero-order chi connectivity index (χ0) is 21.8. The van der Waals surface area contributed by atoms with E-state index in [0.717, 1.165) is 12.8 Å². The summed E-state index contributed by atoms with van der Waals surface area (Å²) in [6.07, 6.45) is 2.10. The maximum absolute atomic E-state index is 4.89. The van der Waals surface area contributed by atoms with Gasteiger partial charge in [-0.3, -0.25) is 0 Å². The Morgan fingerprint density at radius 1 is 0.581 bits per heavy atom. The minimum atomic E-state index is -0.556. The molecule has 0 heterocycles. The van der Waals surface area contributed by atoms with Gasteiger partial charge < -0.3 is 0 Å². The Kier molecular flexibility index (Phi) is 7.36. The molecule has 0 radical (unpaired) electrons. The van der Waals surface area contributed by atoms with E-state index in [1.807, 2.05) is 0 Å². The Morgan fingerprint density at radius 2 is 0.968 bits per heavy atom. The van der Waals surface area contributed by atoms with Gasteiger partial charge >= 0.3 is 35.6 Å². The normalized spacial score (nSPS) is 11.6. The van der Waals surface area contributed by atoms with Crippen molar-refractivity contribution in [3.8, 4) is 22.3 Å². The molecule has 0 saturated heterocycles. The first-order valence-electron chi connectivity index (χ1n) is 10.3. The first kappa shape index (κ1) is 22.4. The second-order valence-electron chi connectivity index (χ2n) is 7.81. The first-order valence-corrected chi connectivity index (χ1v) is 14.6. The van der Waals surface area contributed by atoms with Crippen LogP contribution in [0.4, 0.5) is 0 Å². The van der Waals surface area contributed by atoms with Crippen LogP contribution in [0.1, 0.15) is 33.4 Å². The van der Waals surface area contributed by atoms with Crippen LogP contribution in [0.3, 0.4) is 0 Å². The van der Waals surface area contributed by atoms with E-state index in [1.54, 1.807) is 0 Å². The average molecular weight is 477 g/mol. The van der Waals surface area contributed by atoms with Crippen molar-refractivity contribution in [2.24, 2.45) is 0 Å². The van der Waals surface area contributed by atoms with Crippen molar-refractivity contribution in [2.45, 2.75) is 26.7 Å². The third kappa shape index (κ3) is 4.99. The van der Waals surface area contributed by atoms with Gasteiger partial charge in [-0.05, 0) is 12.8 Å². The standard InChI is InChI=1S/2C14H11.2ClH.Ti/c2*1-10-6-7-14-12(8-10)9-11-4-2-3-5-13(11)14;;;/h2*2-7H,9H2,1H3;2*1H;/q2*-1;;;+2/p-2. The number of halogens is 2. The molecule has 2 aliphatic rings. The molecular formula is C28H22Cl2Ti-2. The number of rotatable bonds is 0. The fourth-order valence-corrected chi connectivity index (χ4v) is 4.35. The van der Waals surface area contributed by atoms with Crippen LogP contribution in [0, 0.1) is 26.0 Å². The topological polar surface area (TPSA) is 0 Å². The van der Waals surface area contributed by atoms with Crippen molar-refractivity contribution in [1.29, 1.82) is 0 Å². The van der Waals surface area contributed by atoms with Gasteiger partial charge in [0.1, 0.15) is 0 Å². The van der Waals surface area contributed by atoms with Crippen LogP contribution >= 0.6 is 18.6 Å². The summed E-state index contributed by atoms with van der Waals surface area (Å²) in [5.74, 6) is 0. The molecule has 2 aliphatic carbocycles. The maximum atomic E-state index is 4.89. The van der Waals surface area contributed by atoms with Gasteiger partial charge in [0.15, 0.2) is 0 Å². The van der Waals surface area contributed by atoms with E-state index in [0.29, 0.717) is 0 Å². The fourth-order valence-electron chi connectivity index (χ4n) is 4.35. The molecule has 3 heteroatoms. The zero-order valence-corrected chi connectivity index (χ0v) is 20.7. The van der Waals surface area contributed by atoms with Gasteiger partial charge in [-0.1, -0.05) is 84.6 Å². The number of aryl methyl sites for hydroxylation is 2. The van der Waals surface area contributed by atoms with E-state index in [2.05, 4.69) is 98.8 Å². The molecule has 6 rings (SSSR count). The Bertz CT molecular complexity index is 1120. The van der Waals surface area contributed by atoms with Crippen molar-refractivity contribution in [1.82, 2.24) is 0 Å². The van der Waals surface area contributed by atoms with Crippen molar-refractivity contribution in [2.75, 3.05) is 0 Å². The molecule has 0 fully saturated rings. The van der Waals surface area contributed by atoms with Crippen LogP contribution < -0.4 is 0 Å². The summed E-state index contributed by atoms with van der Waals surface area (Å²) in [7, 11) is 9.78. The second kappa shape index (κ2) is 10.2. The van der Waals surface area contributed by atoms with Crippen LogP contribution in [-0.2, 0) is 29.9 Å². The van der Waals surface area contributed by atoms with E-state index < -0.39 is 17.0 Å². The van der Waals surface area contributed by atoms with E-state index in [4.69, 9.17) is 18.6 Å². The first-order chi connectivity index (χ1) is 15.1. The van der Waals surface area contributed by atoms with Crippen LogP contribution in [-0.4, -0.2) is 0 Å². The molecule has 0 atom stereocenters. The number of fused-ring (bicyclic) bond motifs is 6. The third-order valence-corrected chi connectivity index (χ3v) is 5.70. The molecular weight excluding hydrogens is 455 g/mol. The molecule has 0 amide bonds. The monoisotopic (exact) mass is 476 g/mol. The van der Waals surface area contributed by atoms with Gasteiger partial charge in [0.05, 0.1) is 0 Å². The third-order valence-electron chi connectivity index (χ3n) is 5.70. The summed E-state index contributed by atoms with van der Waals surface area (Å²) in [6, 6.07) is 32.8. The Morgan fingerprint density at radius 3 is 1.39 bits per heavy atom. The second-order valence-corrected chi connectivity index (χ2v) is 10.4. The van der Waals surface area contributed by atoms with Crippen molar-refractivity contribution in [3.05, 3.63) is 118 Å². The number of hydrogen-bond donors (Lipinski definition) is 0. The summed E-state index contributed by atoms with van der Waals surface area (Å²) in [6.45, 7) is 4.20. The van der Waals surface area contributed by atoms with Gasteiger partial charge in [0.25, 0.3) is 0 Å². The molecule has 0 aliphatic heterocycles. The summed E-state index contributed by atoms with van der Waals surface area (Å²) >= 11 is -0.556. The van der Waals surface area contributed by atoms with Gasteiger partial charge in [-0.15, -0.1) is 22.3 Å². The van der Waals surface area contributed by atoms with Gasteiger partial charge in [0, 0.05) is 0 Å². The molecule has 0 unspecified atom stereocenters. The molecule has 0 saturated carbocycles. The quantitative estimate of drug-likeness (QED) is 0.153. The molecule has 31 heavy (non-hydrogen) atoms. The van der Waals surface area contributed by atoms with E-state index in [1.165, 1.54) is 55.6 Å². The van der Waals surface area contributed by atoms with Crippen LogP contribution in [0.15, 0.2) is 72.8 Å². The summed E-state index contributed by atoms with van der Waals surface area (Å²) in [5, 5.41) is 0. The molecule has 4 aromatic rings. The van der Waals surface area contributed by atoms with E-state index >= 15 is 0 Å². The van der Waals surface area contributed by atoms with Crippen molar-refractivity contribution < 1.29 is 17.0 Å². The minimum absolute atomic E-state index is 0.556. The number of benzene rings is 4. The summed E-state index contributed by atoms with van der Waals surface area (Å²) < 4.78 is 0. The van der Waals surface area contributed by atoms with Crippen molar-refractivity contribution in [3.63, 3.8) is 0 Å². The molecule has 0 aromatic heterocycles. The molecule has 4 aromatic carbocycles. The molecule has 0 nitrogen and oxygen atoms in total. The van der Waals surface area contributed by atoms with Gasteiger partial charge in [-0.25, -0.2) is 0 Å². The molecule has 0 bridgehead atoms. The molecule has 0 N–H and O–H groups in total. The average Bonchev–Trinajstić information content (AvgIpc) is 3.31. The Hall–Kier alpha value is -1.83. The summed E-state index contributed by atoms with van der Waals surface area (Å²) in [5.41, 5.74) is 13.6.